The maximum absolute atomic E-state index is 13.2. The number of nitrogens with zero attached hydrogens (tertiary/aromatic N) is 1. The van der Waals surface area contributed by atoms with Crippen LogP contribution in [0.1, 0.15) is 25.0 Å². The second kappa shape index (κ2) is 8.13. The Morgan fingerprint density at radius 2 is 1.68 bits per heavy atom. The van der Waals surface area contributed by atoms with Gasteiger partial charge in [0.2, 0.25) is 0 Å². The lowest BCUT2D eigenvalue weighted by atomic mass is 10.0. The molecule has 0 atom stereocenters. The number of hydrogen-bond donors (Lipinski definition) is 0. The first-order valence-corrected chi connectivity index (χ1v) is 9.11. The van der Waals surface area contributed by atoms with Gasteiger partial charge in [0.05, 0.1) is 24.9 Å². The van der Waals surface area contributed by atoms with Gasteiger partial charge < -0.3 is 9.47 Å². The van der Waals surface area contributed by atoms with E-state index in [1.54, 1.807) is 31.9 Å². The number of aryl methyl sites for hydroxylation is 1. The fourth-order valence-electron chi connectivity index (χ4n) is 3.15. The van der Waals surface area contributed by atoms with Gasteiger partial charge in [0.15, 0.2) is 0 Å². The average molecular weight is 377 g/mol. The van der Waals surface area contributed by atoms with E-state index in [2.05, 4.69) is 0 Å². The van der Waals surface area contributed by atoms with E-state index >= 15 is 0 Å². The van der Waals surface area contributed by atoms with Crippen molar-refractivity contribution >= 4 is 23.6 Å². The van der Waals surface area contributed by atoms with Crippen LogP contribution < -0.4 is 9.64 Å². The summed E-state index contributed by atoms with van der Waals surface area (Å²) in [7, 11) is 1.60. The summed E-state index contributed by atoms with van der Waals surface area (Å²) in [6, 6.07) is 14.9. The normalized spacial score (nSPS) is 15.4. The van der Waals surface area contributed by atoms with Crippen LogP contribution in [0, 0.1) is 6.92 Å². The summed E-state index contributed by atoms with van der Waals surface area (Å²) < 4.78 is 10.4. The van der Waals surface area contributed by atoms with Gasteiger partial charge in [-0.05, 0) is 56.7 Å². The molecule has 2 aromatic rings. The van der Waals surface area contributed by atoms with Gasteiger partial charge in [-0.2, -0.15) is 0 Å². The second-order valence-electron chi connectivity index (χ2n) is 6.49. The monoisotopic (exact) mass is 377 g/mol. The molecular weight excluding hydrogens is 354 g/mol. The molecule has 1 aliphatic heterocycles. The first kappa shape index (κ1) is 19.4. The van der Waals surface area contributed by atoms with E-state index in [4.69, 9.17) is 9.47 Å². The first-order chi connectivity index (χ1) is 13.5. The number of ether oxygens (including phenoxy) is 2. The van der Waals surface area contributed by atoms with Gasteiger partial charge >= 0.3 is 5.97 Å². The lowest BCUT2D eigenvalue weighted by Gasteiger charge is -2.18. The topological polar surface area (TPSA) is 55.8 Å². The van der Waals surface area contributed by atoms with Crippen LogP contribution >= 0.6 is 0 Å². The Kier molecular flexibility index (Phi) is 5.64. The zero-order valence-corrected chi connectivity index (χ0v) is 16.5. The zero-order valence-electron chi connectivity index (χ0n) is 16.5. The summed E-state index contributed by atoms with van der Waals surface area (Å²) in [6.45, 7) is 5.73. The molecule has 3 rings (SSSR count). The van der Waals surface area contributed by atoms with Crippen LogP contribution in [0.3, 0.4) is 0 Å². The van der Waals surface area contributed by atoms with Crippen molar-refractivity contribution in [2.24, 2.45) is 0 Å². The largest absolute Gasteiger partial charge is 0.497 e. The molecule has 1 aliphatic rings. The van der Waals surface area contributed by atoms with Gasteiger partial charge in [0, 0.05) is 11.4 Å². The SMILES string of the molecule is CCOC(=O)C1=C(C)N(c2ccc(C)cc2)C(=O)C1=Cc1ccc(OC)cc1. The highest BCUT2D eigenvalue weighted by atomic mass is 16.5. The number of allylic oxidation sites excluding steroid dienone is 1. The molecule has 0 saturated carbocycles. The minimum atomic E-state index is -0.497. The maximum atomic E-state index is 13.2. The van der Waals surface area contributed by atoms with E-state index in [1.165, 1.54) is 0 Å². The van der Waals surface area contributed by atoms with Crippen molar-refractivity contribution < 1.29 is 19.1 Å². The summed E-state index contributed by atoms with van der Waals surface area (Å²) in [5, 5.41) is 0. The van der Waals surface area contributed by atoms with E-state index in [9.17, 15) is 9.59 Å². The first-order valence-electron chi connectivity index (χ1n) is 9.11. The quantitative estimate of drug-likeness (QED) is 0.577. The Bertz CT molecular complexity index is 953. The van der Waals surface area contributed by atoms with Crippen molar-refractivity contribution in [3.8, 4) is 5.75 Å². The van der Waals surface area contributed by atoms with E-state index in [-0.39, 0.29) is 12.5 Å². The van der Waals surface area contributed by atoms with Crippen molar-refractivity contribution in [1.29, 1.82) is 0 Å². The predicted octanol–water partition coefficient (Wildman–Crippen LogP) is 4.27. The van der Waals surface area contributed by atoms with Crippen molar-refractivity contribution in [1.82, 2.24) is 0 Å². The number of carbonyl (C=O) groups is 2. The molecule has 1 amide bonds. The average Bonchev–Trinajstić information content (AvgIpc) is 2.93. The van der Waals surface area contributed by atoms with Crippen molar-refractivity contribution in [2.75, 3.05) is 18.6 Å². The van der Waals surface area contributed by atoms with Crippen LogP contribution in [0.4, 0.5) is 5.69 Å². The maximum Gasteiger partial charge on any atom is 0.340 e. The van der Waals surface area contributed by atoms with Crippen LogP contribution in [0.25, 0.3) is 6.08 Å². The number of benzene rings is 2. The summed E-state index contributed by atoms with van der Waals surface area (Å²) in [6.07, 6.45) is 1.71. The van der Waals surface area contributed by atoms with E-state index < -0.39 is 5.97 Å². The molecule has 144 valence electrons. The summed E-state index contributed by atoms with van der Waals surface area (Å²) in [4.78, 5) is 27.4. The van der Waals surface area contributed by atoms with Crippen LogP contribution in [-0.4, -0.2) is 25.6 Å². The van der Waals surface area contributed by atoms with Crippen LogP contribution in [-0.2, 0) is 14.3 Å². The van der Waals surface area contributed by atoms with Crippen molar-refractivity contribution in [3.63, 3.8) is 0 Å². The highest BCUT2D eigenvalue weighted by Gasteiger charge is 2.38. The van der Waals surface area contributed by atoms with Crippen LogP contribution in [0.15, 0.2) is 65.4 Å². The standard InChI is InChI=1S/C23H23NO4/c1-5-28-23(26)21-16(3)24(18-10-6-15(2)7-11-18)22(25)20(21)14-17-8-12-19(27-4)13-9-17/h6-14H,5H2,1-4H3. The molecule has 1 heterocycles. The third kappa shape index (κ3) is 3.69. The van der Waals surface area contributed by atoms with Gasteiger partial charge in [-0.25, -0.2) is 4.79 Å². The zero-order chi connectivity index (χ0) is 20.3. The lowest BCUT2D eigenvalue weighted by Crippen LogP contribution is -2.24. The minimum absolute atomic E-state index is 0.240. The Balaban J connectivity index is 2.08. The summed E-state index contributed by atoms with van der Waals surface area (Å²) in [5.74, 6) is -0.0264. The summed E-state index contributed by atoms with van der Waals surface area (Å²) in [5.41, 5.74) is 3.78. The molecule has 0 bridgehead atoms. The fourth-order valence-corrected chi connectivity index (χ4v) is 3.15. The molecule has 0 spiro atoms. The smallest absolute Gasteiger partial charge is 0.340 e. The molecular formula is C23H23NO4. The van der Waals surface area contributed by atoms with Gasteiger partial charge in [-0.1, -0.05) is 29.8 Å². The van der Waals surface area contributed by atoms with E-state index in [1.807, 2.05) is 55.5 Å². The Morgan fingerprint density at radius 1 is 1.04 bits per heavy atom. The number of hydrogen-bond acceptors (Lipinski definition) is 4. The highest BCUT2D eigenvalue weighted by molar-refractivity contribution is 6.23. The second-order valence-corrected chi connectivity index (χ2v) is 6.49. The molecule has 28 heavy (non-hydrogen) atoms. The van der Waals surface area contributed by atoms with Crippen molar-refractivity contribution in [3.05, 3.63) is 76.5 Å². The third-order valence-corrected chi connectivity index (χ3v) is 4.60. The molecule has 5 nitrogen and oxygen atoms in total. The van der Waals surface area contributed by atoms with Gasteiger partial charge in [-0.15, -0.1) is 0 Å². The summed E-state index contributed by atoms with van der Waals surface area (Å²) >= 11 is 0. The molecule has 0 radical (unpaired) electrons. The molecule has 0 unspecified atom stereocenters. The predicted molar refractivity (Wildman–Crippen MR) is 109 cm³/mol. The van der Waals surface area contributed by atoms with Crippen LogP contribution in [0.2, 0.25) is 0 Å². The Hall–Kier alpha value is -3.34. The van der Waals surface area contributed by atoms with Gasteiger partial charge in [0.25, 0.3) is 5.91 Å². The highest BCUT2D eigenvalue weighted by Crippen LogP contribution is 2.35. The van der Waals surface area contributed by atoms with Gasteiger partial charge in [-0.3, -0.25) is 9.69 Å². The molecule has 0 N–H and O–H groups in total. The molecule has 2 aromatic carbocycles. The van der Waals surface area contributed by atoms with Gasteiger partial charge in [0.1, 0.15) is 5.75 Å². The molecule has 0 saturated heterocycles. The minimum Gasteiger partial charge on any atom is -0.497 e. The number of anilines is 1. The third-order valence-electron chi connectivity index (χ3n) is 4.60. The Labute approximate surface area is 164 Å². The fraction of sp³-hybridized carbons (Fsp3) is 0.217. The number of methoxy groups -OCH3 is 1. The molecule has 0 aromatic heterocycles. The molecule has 5 heteroatoms. The van der Waals surface area contributed by atoms with E-state index in [0.717, 1.165) is 16.9 Å². The lowest BCUT2D eigenvalue weighted by molar-refractivity contribution is -0.138. The Morgan fingerprint density at radius 3 is 2.25 bits per heavy atom. The number of rotatable bonds is 5. The number of amides is 1. The number of carbonyl (C=O) groups excluding carboxylic acids is 2. The van der Waals surface area contributed by atoms with Crippen molar-refractivity contribution in [2.45, 2.75) is 20.8 Å². The van der Waals surface area contributed by atoms with E-state index in [0.29, 0.717) is 22.5 Å². The number of esters is 1. The van der Waals surface area contributed by atoms with Crippen LogP contribution in [0.5, 0.6) is 5.75 Å². The molecule has 0 fully saturated rings. The molecule has 0 aliphatic carbocycles.